The number of carboxylic acids is 1. The van der Waals surface area contributed by atoms with E-state index in [0.717, 1.165) is 0 Å². The Labute approximate surface area is 184 Å². The smallest absolute Gasteiger partial charge is 0.344 e. The van der Waals surface area contributed by atoms with Gasteiger partial charge in [0.2, 0.25) is 5.67 Å². The predicted octanol–water partition coefficient (Wildman–Crippen LogP) is 5.56. The molecule has 2 atom stereocenters. The van der Waals surface area contributed by atoms with Gasteiger partial charge in [0.15, 0.2) is 0 Å². The third kappa shape index (κ3) is 4.29. The molecule has 160 valence electrons. The molecule has 0 spiro atoms. The summed E-state index contributed by atoms with van der Waals surface area (Å²) in [5.74, 6) is -0.608. The zero-order valence-corrected chi connectivity index (χ0v) is 17.4. The van der Waals surface area contributed by atoms with E-state index in [1.54, 1.807) is 60.7 Å². The number of carboxylic acid groups (broad SMARTS) is 1. The summed E-state index contributed by atoms with van der Waals surface area (Å²) in [7, 11) is 0. The van der Waals surface area contributed by atoms with Crippen molar-refractivity contribution >= 4 is 17.6 Å². The molecule has 0 radical (unpaired) electrons. The van der Waals surface area contributed by atoms with Crippen LogP contribution in [0.1, 0.15) is 24.0 Å². The van der Waals surface area contributed by atoms with Crippen molar-refractivity contribution in [3.8, 4) is 11.5 Å². The lowest BCUT2D eigenvalue weighted by atomic mass is 9.78. The number of aliphatic hydroxyl groups excluding tert-OH is 1. The number of aliphatic hydroxyl groups is 1. The van der Waals surface area contributed by atoms with Gasteiger partial charge in [-0.3, -0.25) is 0 Å². The summed E-state index contributed by atoms with van der Waals surface area (Å²) < 4.78 is 21.7. The highest BCUT2D eigenvalue weighted by Gasteiger charge is 2.61. The molecule has 4 nitrogen and oxygen atoms in total. The molecule has 31 heavy (non-hydrogen) atoms. The maximum Gasteiger partial charge on any atom is 0.344 e. The second-order valence-corrected chi connectivity index (χ2v) is 8.41. The summed E-state index contributed by atoms with van der Waals surface area (Å²) in [6.45, 7) is 0. The monoisotopic (exact) mass is 440 g/mol. The minimum absolute atomic E-state index is 0.421. The molecule has 0 aliphatic heterocycles. The maximum absolute atomic E-state index is 15.9. The average Bonchev–Trinajstić information content (AvgIpc) is 3.56. The number of rotatable bonds is 8. The SMILES string of the molecule is O=C(O)[C@](F)(Cc1cccc(Oc2ccccc2)c1)[C@H](O)C1(c2ccc(Cl)cc2)CC1. The van der Waals surface area contributed by atoms with E-state index in [2.05, 4.69) is 0 Å². The molecule has 6 heteroatoms. The number of carbonyl (C=O) groups is 1. The van der Waals surface area contributed by atoms with Crippen LogP contribution in [0.5, 0.6) is 11.5 Å². The van der Waals surface area contributed by atoms with Gasteiger partial charge in [-0.25, -0.2) is 9.18 Å². The zero-order chi connectivity index (χ0) is 22.1. The van der Waals surface area contributed by atoms with Gasteiger partial charge in [0.05, 0.1) is 0 Å². The van der Waals surface area contributed by atoms with Gasteiger partial charge in [-0.15, -0.1) is 0 Å². The lowest BCUT2D eigenvalue weighted by Crippen LogP contribution is -2.53. The van der Waals surface area contributed by atoms with Gasteiger partial charge < -0.3 is 14.9 Å². The van der Waals surface area contributed by atoms with Crippen LogP contribution >= 0.6 is 11.6 Å². The number of hydrogen-bond donors (Lipinski definition) is 2. The molecule has 0 heterocycles. The second kappa shape index (κ2) is 8.33. The lowest BCUT2D eigenvalue weighted by molar-refractivity contribution is -0.161. The van der Waals surface area contributed by atoms with Crippen LogP contribution in [0.4, 0.5) is 4.39 Å². The van der Waals surface area contributed by atoms with E-state index in [9.17, 15) is 15.0 Å². The van der Waals surface area contributed by atoms with Gasteiger partial charge in [-0.05, 0) is 60.4 Å². The Balaban J connectivity index is 1.59. The summed E-state index contributed by atoms with van der Waals surface area (Å²) in [4.78, 5) is 12.0. The number of para-hydroxylation sites is 1. The van der Waals surface area contributed by atoms with Crippen LogP contribution < -0.4 is 4.74 Å². The fraction of sp³-hybridized carbons (Fsp3) is 0.240. The van der Waals surface area contributed by atoms with Crippen molar-refractivity contribution in [2.45, 2.75) is 36.5 Å². The van der Waals surface area contributed by atoms with Crippen LogP contribution in [-0.4, -0.2) is 28.0 Å². The van der Waals surface area contributed by atoms with E-state index >= 15 is 4.39 Å². The number of ether oxygens (including phenoxy) is 1. The van der Waals surface area contributed by atoms with E-state index in [0.29, 0.717) is 40.5 Å². The van der Waals surface area contributed by atoms with Crippen molar-refractivity contribution in [3.63, 3.8) is 0 Å². The Hall–Kier alpha value is -2.89. The molecule has 0 saturated heterocycles. The van der Waals surface area contributed by atoms with Crippen LogP contribution in [0, 0.1) is 0 Å². The van der Waals surface area contributed by atoms with Gasteiger partial charge in [0, 0.05) is 16.9 Å². The van der Waals surface area contributed by atoms with Crippen molar-refractivity contribution < 1.29 is 24.1 Å². The first-order valence-electron chi connectivity index (χ1n) is 10.0. The maximum atomic E-state index is 15.9. The summed E-state index contributed by atoms with van der Waals surface area (Å²) >= 11 is 5.94. The lowest BCUT2D eigenvalue weighted by Gasteiger charge is -2.33. The number of alkyl halides is 1. The van der Waals surface area contributed by atoms with Gasteiger partial charge in [-0.2, -0.15) is 0 Å². The third-order valence-corrected chi connectivity index (χ3v) is 6.11. The summed E-state index contributed by atoms with van der Waals surface area (Å²) in [5, 5.41) is 21.3. The third-order valence-electron chi connectivity index (χ3n) is 5.86. The Bertz CT molecular complexity index is 1070. The van der Waals surface area contributed by atoms with Crippen LogP contribution in [0.2, 0.25) is 5.02 Å². The Morgan fingerprint density at radius 1 is 1.03 bits per heavy atom. The quantitative estimate of drug-likeness (QED) is 0.481. The van der Waals surface area contributed by atoms with E-state index < -0.39 is 29.6 Å². The van der Waals surface area contributed by atoms with Gasteiger partial charge in [-0.1, -0.05) is 54.1 Å². The summed E-state index contributed by atoms with van der Waals surface area (Å²) in [5.41, 5.74) is -2.68. The van der Waals surface area contributed by atoms with Crippen LogP contribution in [0.15, 0.2) is 78.9 Å². The van der Waals surface area contributed by atoms with E-state index in [1.807, 2.05) is 18.2 Å². The fourth-order valence-electron chi connectivity index (χ4n) is 4.00. The normalized spacial score (nSPS) is 17.4. The molecule has 1 aliphatic carbocycles. The van der Waals surface area contributed by atoms with Crippen molar-refractivity contribution in [1.82, 2.24) is 0 Å². The van der Waals surface area contributed by atoms with E-state index in [-0.39, 0.29) is 0 Å². The van der Waals surface area contributed by atoms with E-state index in [1.165, 1.54) is 0 Å². The molecule has 0 unspecified atom stereocenters. The number of hydrogen-bond acceptors (Lipinski definition) is 3. The molecular weight excluding hydrogens is 419 g/mol. The first-order valence-corrected chi connectivity index (χ1v) is 10.4. The molecule has 2 N–H and O–H groups in total. The van der Waals surface area contributed by atoms with Crippen LogP contribution in [0.25, 0.3) is 0 Å². The molecule has 1 saturated carbocycles. The molecule has 3 aromatic rings. The number of aliphatic carboxylic acids is 1. The molecule has 3 aromatic carbocycles. The first-order chi connectivity index (χ1) is 14.8. The van der Waals surface area contributed by atoms with Crippen molar-refractivity contribution in [2.75, 3.05) is 0 Å². The molecule has 0 amide bonds. The predicted molar refractivity (Wildman–Crippen MR) is 117 cm³/mol. The van der Waals surface area contributed by atoms with Gasteiger partial charge in [0.25, 0.3) is 0 Å². The van der Waals surface area contributed by atoms with Crippen molar-refractivity contribution in [3.05, 3.63) is 95.0 Å². The fourth-order valence-corrected chi connectivity index (χ4v) is 4.13. The Kier molecular flexibility index (Phi) is 5.73. The zero-order valence-electron chi connectivity index (χ0n) is 16.7. The Morgan fingerprint density at radius 2 is 1.68 bits per heavy atom. The highest BCUT2D eigenvalue weighted by Crippen LogP contribution is 2.54. The topological polar surface area (TPSA) is 66.8 Å². The molecule has 0 aromatic heterocycles. The first kappa shape index (κ1) is 21.3. The summed E-state index contributed by atoms with van der Waals surface area (Å²) in [6.07, 6.45) is -1.18. The van der Waals surface area contributed by atoms with Gasteiger partial charge in [0.1, 0.15) is 17.6 Å². The average molecular weight is 441 g/mol. The molecule has 0 bridgehead atoms. The molecule has 1 aliphatic rings. The second-order valence-electron chi connectivity index (χ2n) is 7.97. The van der Waals surface area contributed by atoms with Gasteiger partial charge >= 0.3 is 5.97 Å². The highest BCUT2D eigenvalue weighted by atomic mass is 35.5. The standard InChI is InChI=1S/C25H22ClFO4/c26-19-11-9-18(10-12-19)24(13-14-24)22(28)25(27,23(29)30)16-17-5-4-8-21(15-17)31-20-6-2-1-3-7-20/h1-12,15,22,28H,13-14,16H2,(H,29,30)/t22-,25+/m1/s1. The summed E-state index contributed by atoms with van der Waals surface area (Å²) in [6, 6.07) is 22.5. The van der Waals surface area contributed by atoms with E-state index in [4.69, 9.17) is 16.3 Å². The molecule has 1 fully saturated rings. The van der Waals surface area contributed by atoms with Crippen molar-refractivity contribution in [2.24, 2.45) is 0 Å². The van der Waals surface area contributed by atoms with Crippen LogP contribution in [-0.2, 0) is 16.6 Å². The Morgan fingerprint density at radius 3 is 2.29 bits per heavy atom. The molecule has 4 rings (SSSR count). The number of halogens is 2. The van der Waals surface area contributed by atoms with Crippen LogP contribution in [0.3, 0.4) is 0 Å². The van der Waals surface area contributed by atoms with Crippen molar-refractivity contribution in [1.29, 1.82) is 0 Å². The molecular formula is C25H22ClFO4. The highest BCUT2D eigenvalue weighted by molar-refractivity contribution is 6.30. The number of benzene rings is 3. The minimum Gasteiger partial charge on any atom is -0.479 e. The largest absolute Gasteiger partial charge is 0.479 e. The minimum atomic E-state index is -2.86.